The molecule has 0 spiro atoms. The Morgan fingerprint density at radius 1 is 1.53 bits per heavy atom. The number of allylic oxidation sites excluding steroid dienone is 1. The fourth-order valence-electron chi connectivity index (χ4n) is 1.15. The lowest BCUT2D eigenvalue weighted by atomic mass is 10.2. The zero-order chi connectivity index (χ0) is 11.4. The van der Waals surface area contributed by atoms with Crippen molar-refractivity contribution in [3.63, 3.8) is 0 Å². The molecule has 0 unspecified atom stereocenters. The van der Waals surface area contributed by atoms with Gasteiger partial charge in [0, 0.05) is 11.0 Å². The fourth-order valence-corrected chi connectivity index (χ4v) is 2.21. The molecule has 0 fully saturated rings. The van der Waals surface area contributed by atoms with Crippen LogP contribution in [0.3, 0.4) is 0 Å². The van der Waals surface area contributed by atoms with Crippen molar-refractivity contribution in [2.45, 2.75) is 26.8 Å². The van der Waals surface area contributed by atoms with Crippen LogP contribution in [0.25, 0.3) is 0 Å². The minimum absolute atomic E-state index is 0.00519. The highest BCUT2D eigenvalue weighted by Crippen LogP contribution is 2.26. The fraction of sp³-hybridized carbons (Fsp3) is 0.364. The van der Waals surface area contributed by atoms with E-state index >= 15 is 0 Å². The van der Waals surface area contributed by atoms with Crippen molar-refractivity contribution in [1.82, 2.24) is 5.32 Å². The third kappa shape index (κ3) is 4.06. The van der Waals surface area contributed by atoms with Gasteiger partial charge in [-0.2, -0.15) is 0 Å². The van der Waals surface area contributed by atoms with Gasteiger partial charge < -0.3 is 5.32 Å². The molecule has 0 saturated heterocycles. The van der Waals surface area contributed by atoms with E-state index in [2.05, 4.69) is 5.32 Å². The molecule has 1 rings (SSSR count). The molecule has 1 N–H and O–H groups in total. The van der Waals surface area contributed by atoms with E-state index < -0.39 is 0 Å². The van der Waals surface area contributed by atoms with Crippen LogP contribution in [0.4, 0.5) is 0 Å². The van der Waals surface area contributed by atoms with Crippen LogP contribution in [-0.4, -0.2) is 5.91 Å². The Hall–Kier alpha value is -0.800. The van der Waals surface area contributed by atoms with Crippen molar-refractivity contribution < 1.29 is 4.79 Å². The average Bonchev–Trinajstić information content (AvgIpc) is 2.49. The van der Waals surface area contributed by atoms with Crippen molar-refractivity contribution in [3.05, 3.63) is 33.0 Å². The second kappa shape index (κ2) is 5.33. The van der Waals surface area contributed by atoms with Crippen LogP contribution in [0.2, 0.25) is 4.34 Å². The van der Waals surface area contributed by atoms with Gasteiger partial charge in [-0.1, -0.05) is 17.2 Å². The third-order valence-corrected chi connectivity index (χ3v) is 3.21. The van der Waals surface area contributed by atoms with Gasteiger partial charge in [-0.05, 0) is 32.9 Å². The Morgan fingerprint density at radius 3 is 2.67 bits per heavy atom. The molecular formula is C11H14ClNOS. The summed E-state index contributed by atoms with van der Waals surface area (Å²) in [4.78, 5) is 12.5. The summed E-state index contributed by atoms with van der Waals surface area (Å²) in [5, 5.41) is 2.88. The molecule has 0 bridgehead atoms. The summed E-state index contributed by atoms with van der Waals surface area (Å²) < 4.78 is 0.744. The maximum absolute atomic E-state index is 11.4. The summed E-state index contributed by atoms with van der Waals surface area (Å²) in [6.07, 6.45) is 1.59. The highest BCUT2D eigenvalue weighted by molar-refractivity contribution is 7.16. The lowest BCUT2D eigenvalue weighted by Gasteiger charge is -2.10. The summed E-state index contributed by atoms with van der Waals surface area (Å²) in [6.45, 7) is 5.73. The average molecular weight is 244 g/mol. The quantitative estimate of drug-likeness (QED) is 0.809. The summed E-state index contributed by atoms with van der Waals surface area (Å²) in [5.74, 6) is -0.0629. The number of amides is 1. The zero-order valence-corrected chi connectivity index (χ0v) is 10.6. The van der Waals surface area contributed by atoms with Crippen LogP contribution in [0.5, 0.6) is 0 Å². The summed E-state index contributed by atoms with van der Waals surface area (Å²) in [6, 6.07) is 3.77. The third-order valence-electron chi connectivity index (χ3n) is 1.80. The first kappa shape index (κ1) is 12.3. The van der Waals surface area contributed by atoms with Crippen LogP contribution < -0.4 is 5.32 Å². The monoisotopic (exact) mass is 243 g/mol. The molecule has 0 aromatic carbocycles. The summed E-state index contributed by atoms with van der Waals surface area (Å²) >= 11 is 7.31. The predicted molar refractivity (Wildman–Crippen MR) is 65.3 cm³/mol. The van der Waals surface area contributed by atoms with Crippen LogP contribution >= 0.6 is 22.9 Å². The van der Waals surface area contributed by atoms with Crippen molar-refractivity contribution in [1.29, 1.82) is 0 Å². The van der Waals surface area contributed by atoms with Crippen LogP contribution in [-0.2, 0) is 4.79 Å². The first-order valence-electron chi connectivity index (χ1n) is 4.69. The molecule has 1 aromatic heterocycles. The molecule has 1 atom stereocenters. The summed E-state index contributed by atoms with van der Waals surface area (Å²) in [7, 11) is 0. The smallest absolute Gasteiger partial charge is 0.244 e. The van der Waals surface area contributed by atoms with Gasteiger partial charge >= 0.3 is 0 Å². The van der Waals surface area contributed by atoms with E-state index in [0.29, 0.717) is 0 Å². The minimum atomic E-state index is -0.0629. The molecule has 4 heteroatoms. The minimum Gasteiger partial charge on any atom is -0.345 e. The lowest BCUT2D eigenvalue weighted by molar-refractivity contribution is -0.117. The summed E-state index contributed by atoms with van der Waals surface area (Å²) in [5.41, 5.74) is 0.990. The number of halogens is 1. The van der Waals surface area contributed by atoms with E-state index in [-0.39, 0.29) is 11.9 Å². The molecule has 2 nitrogen and oxygen atoms in total. The number of rotatable bonds is 3. The van der Waals surface area contributed by atoms with E-state index in [4.69, 9.17) is 11.6 Å². The molecule has 1 amide bonds. The van der Waals surface area contributed by atoms with Crippen molar-refractivity contribution >= 4 is 28.8 Å². The van der Waals surface area contributed by atoms with E-state index in [0.717, 1.165) is 14.8 Å². The Labute approximate surface area is 99.0 Å². The number of hydrogen-bond acceptors (Lipinski definition) is 2. The topological polar surface area (TPSA) is 29.1 Å². The maximum atomic E-state index is 11.4. The second-order valence-electron chi connectivity index (χ2n) is 3.59. The Balaban J connectivity index is 2.60. The van der Waals surface area contributed by atoms with Gasteiger partial charge in [0.15, 0.2) is 0 Å². The number of hydrogen-bond donors (Lipinski definition) is 1. The first-order valence-corrected chi connectivity index (χ1v) is 5.89. The van der Waals surface area contributed by atoms with Crippen molar-refractivity contribution in [3.8, 4) is 0 Å². The molecule has 15 heavy (non-hydrogen) atoms. The number of thiophene rings is 1. The molecule has 1 aromatic rings. The Morgan fingerprint density at radius 2 is 2.20 bits per heavy atom. The maximum Gasteiger partial charge on any atom is 0.244 e. The van der Waals surface area contributed by atoms with Gasteiger partial charge in [0.2, 0.25) is 5.91 Å². The van der Waals surface area contributed by atoms with Gasteiger partial charge in [-0.15, -0.1) is 11.3 Å². The van der Waals surface area contributed by atoms with Gasteiger partial charge in [-0.3, -0.25) is 4.79 Å². The number of carbonyl (C=O) groups excluding carboxylic acids is 1. The molecule has 0 aliphatic carbocycles. The molecule has 0 aliphatic rings. The molecule has 0 radical (unpaired) electrons. The van der Waals surface area contributed by atoms with Crippen molar-refractivity contribution in [2.24, 2.45) is 0 Å². The zero-order valence-electron chi connectivity index (χ0n) is 9.00. The van der Waals surface area contributed by atoms with Crippen LogP contribution in [0.1, 0.15) is 31.7 Å². The predicted octanol–water partition coefficient (Wildman–Crippen LogP) is 3.54. The van der Waals surface area contributed by atoms with E-state index in [9.17, 15) is 4.79 Å². The molecule has 1 heterocycles. The lowest BCUT2D eigenvalue weighted by Crippen LogP contribution is -2.24. The Kier molecular flexibility index (Phi) is 4.36. The van der Waals surface area contributed by atoms with E-state index in [1.807, 2.05) is 32.9 Å². The Bertz CT molecular complexity index is 380. The largest absolute Gasteiger partial charge is 0.345 e. The van der Waals surface area contributed by atoms with Gasteiger partial charge in [0.05, 0.1) is 10.4 Å². The second-order valence-corrected chi connectivity index (χ2v) is 5.34. The molecule has 0 saturated carbocycles. The normalized spacial score (nSPS) is 12.0. The van der Waals surface area contributed by atoms with Gasteiger partial charge in [0.1, 0.15) is 0 Å². The van der Waals surface area contributed by atoms with E-state index in [1.54, 1.807) is 6.08 Å². The SMILES string of the molecule is CC(C)=CC(=O)N[C@H](C)c1ccc(Cl)s1. The highest BCUT2D eigenvalue weighted by Gasteiger charge is 2.09. The van der Waals surface area contributed by atoms with Crippen LogP contribution in [0.15, 0.2) is 23.8 Å². The highest BCUT2D eigenvalue weighted by atomic mass is 35.5. The van der Waals surface area contributed by atoms with Gasteiger partial charge in [0.25, 0.3) is 0 Å². The van der Waals surface area contributed by atoms with Crippen molar-refractivity contribution in [2.75, 3.05) is 0 Å². The van der Waals surface area contributed by atoms with Gasteiger partial charge in [-0.25, -0.2) is 0 Å². The first-order chi connectivity index (χ1) is 6.99. The molecule has 82 valence electrons. The van der Waals surface area contributed by atoms with Crippen LogP contribution in [0, 0.1) is 0 Å². The molecule has 0 aliphatic heterocycles. The number of carbonyl (C=O) groups is 1. The standard InChI is InChI=1S/C11H14ClNOS/c1-7(2)6-11(14)13-8(3)9-4-5-10(12)15-9/h4-6,8H,1-3H3,(H,13,14)/t8-/m1/s1. The molecular weight excluding hydrogens is 230 g/mol. The number of nitrogens with one attached hydrogen (secondary N) is 1. The van der Waals surface area contributed by atoms with E-state index in [1.165, 1.54) is 11.3 Å².